The van der Waals surface area contributed by atoms with Gasteiger partial charge in [-0.2, -0.15) is 0 Å². The summed E-state index contributed by atoms with van der Waals surface area (Å²) >= 11 is 3.30. The number of nitrogens with zero attached hydrogens (tertiary/aromatic N) is 1. The Kier molecular flexibility index (Phi) is 6.64. The topological polar surface area (TPSA) is 49.4 Å². The minimum atomic E-state index is -3.48. The highest BCUT2D eigenvalue weighted by atomic mass is 79.9. The van der Waals surface area contributed by atoms with E-state index in [0.717, 1.165) is 10.9 Å². The Labute approximate surface area is 130 Å². The van der Waals surface area contributed by atoms with Gasteiger partial charge in [-0.3, -0.25) is 0 Å². The van der Waals surface area contributed by atoms with Crippen molar-refractivity contribution in [3.05, 3.63) is 28.7 Å². The first-order chi connectivity index (χ1) is 9.20. The highest BCUT2D eigenvalue weighted by molar-refractivity contribution is 9.10. The third-order valence-corrected chi connectivity index (χ3v) is 4.78. The van der Waals surface area contributed by atoms with Gasteiger partial charge in [0.1, 0.15) is 0 Å². The van der Waals surface area contributed by atoms with Crippen LogP contribution in [-0.4, -0.2) is 40.0 Å². The molecular formula is C14H23BrN2O2S. The number of benzene rings is 1. The highest BCUT2D eigenvalue weighted by Crippen LogP contribution is 2.17. The SMILES string of the molecule is CC(C)CC(CN(C)C)NS(=O)(=O)c1cccc(Br)c1. The molecule has 0 amide bonds. The second-order valence-electron chi connectivity index (χ2n) is 5.67. The van der Waals surface area contributed by atoms with Gasteiger partial charge in [-0.15, -0.1) is 0 Å². The van der Waals surface area contributed by atoms with Crippen LogP contribution >= 0.6 is 15.9 Å². The van der Waals surface area contributed by atoms with Crippen molar-refractivity contribution in [2.75, 3.05) is 20.6 Å². The van der Waals surface area contributed by atoms with Crippen molar-refractivity contribution in [2.45, 2.75) is 31.2 Å². The third kappa shape index (κ3) is 5.91. The zero-order valence-electron chi connectivity index (χ0n) is 12.4. The number of nitrogens with one attached hydrogen (secondary N) is 1. The maximum Gasteiger partial charge on any atom is 0.240 e. The lowest BCUT2D eigenvalue weighted by atomic mass is 10.0. The average Bonchev–Trinajstić information content (AvgIpc) is 2.26. The van der Waals surface area contributed by atoms with E-state index in [2.05, 4.69) is 34.5 Å². The Balaban J connectivity index is 2.90. The molecule has 1 N–H and O–H groups in total. The third-order valence-electron chi connectivity index (χ3n) is 2.77. The van der Waals surface area contributed by atoms with Crippen molar-refractivity contribution in [3.8, 4) is 0 Å². The molecule has 1 aromatic rings. The van der Waals surface area contributed by atoms with Crippen LogP contribution in [0, 0.1) is 5.92 Å². The molecule has 20 heavy (non-hydrogen) atoms. The van der Waals surface area contributed by atoms with Crippen LogP contribution in [0.2, 0.25) is 0 Å². The molecule has 0 fully saturated rings. The molecule has 1 aromatic carbocycles. The Bertz CT molecular complexity index is 520. The summed E-state index contributed by atoms with van der Waals surface area (Å²) in [5.74, 6) is 0.435. The van der Waals surface area contributed by atoms with E-state index >= 15 is 0 Å². The second-order valence-corrected chi connectivity index (χ2v) is 8.30. The normalized spacial score (nSPS) is 13.9. The predicted octanol–water partition coefficient (Wildman–Crippen LogP) is 2.70. The Morgan fingerprint density at radius 2 is 1.95 bits per heavy atom. The molecule has 1 rings (SSSR count). The van der Waals surface area contributed by atoms with Gasteiger partial charge in [0.15, 0.2) is 0 Å². The van der Waals surface area contributed by atoms with Gasteiger partial charge in [-0.05, 0) is 44.6 Å². The van der Waals surface area contributed by atoms with E-state index in [1.54, 1.807) is 18.2 Å². The second kappa shape index (κ2) is 7.54. The minimum Gasteiger partial charge on any atom is -0.308 e. The van der Waals surface area contributed by atoms with Gasteiger partial charge in [0.25, 0.3) is 0 Å². The van der Waals surface area contributed by atoms with Crippen LogP contribution in [0.1, 0.15) is 20.3 Å². The molecule has 6 heteroatoms. The molecule has 1 atom stereocenters. The number of rotatable bonds is 7. The molecule has 4 nitrogen and oxygen atoms in total. The highest BCUT2D eigenvalue weighted by Gasteiger charge is 2.21. The number of sulfonamides is 1. The Morgan fingerprint density at radius 3 is 2.45 bits per heavy atom. The molecular weight excluding hydrogens is 340 g/mol. The van der Waals surface area contributed by atoms with Crippen molar-refractivity contribution in [1.82, 2.24) is 9.62 Å². The number of hydrogen-bond acceptors (Lipinski definition) is 3. The van der Waals surface area contributed by atoms with Gasteiger partial charge in [0.2, 0.25) is 10.0 Å². The molecule has 0 bridgehead atoms. The molecule has 1 unspecified atom stereocenters. The molecule has 0 aromatic heterocycles. The van der Waals surface area contributed by atoms with Gasteiger partial charge < -0.3 is 4.90 Å². The molecule has 114 valence electrons. The lowest BCUT2D eigenvalue weighted by Crippen LogP contribution is -2.42. The summed E-state index contributed by atoms with van der Waals surface area (Å²) in [5, 5.41) is 0. The van der Waals surface area contributed by atoms with Crippen molar-refractivity contribution in [2.24, 2.45) is 5.92 Å². The molecule has 0 aliphatic heterocycles. The van der Waals surface area contributed by atoms with Crippen LogP contribution < -0.4 is 4.72 Å². The van der Waals surface area contributed by atoms with E-state index in [4.69, 9.17) is 0 Å². The fraction of sp³-hybridized carbons (Fsp3) is 0.571. The molecule has 0 spiro atoms. The van der Waals surface area contributed by atoms with Crippen molar-refractivity contribution < 1.29 is 8.42 Å². The minimum absolute atomic E-state index is 0.0889. The monoisotopic (exact) mass is 362 g/mol. The first-order valence-corrected chi connectivity index (χ1v) is 8.91. The van der Waals surface area contributed by atoms with Gasteiger partial charge in [-0.25, -0.2) is 13.1 Å². The summed E-state index contributed by atoms with van der Waals surface area (Å²) < 4.78 is 28.4. The van der Waals surface area contributed by atoms with Gasteiger partial charge >= 0.3 is 0 Å². The van der Waals surface area contributed by atoms with Gasteiger partial charge in [0, 0.05) is 17.1 Å². The van der Waals surface area contributed by atoms with Crippen molar-refractivity contribution >= 4 is 26.0 Å². The Hall–Kier alpha value is -0.430. The van der Waals surface area contributed by atoms with Crippen molar-refractivity contribution in [3.63, 3.8) is 0 Å². The van der Waals surface area contributed by atoms with Crippen LogP contribution in [0.4, 0.5) is 0 Å². The fourth-order valence-corrected chi connectivity index (χ4v) is 3.93. The lowest BCUT2D eigenvalue weighted by Gasteiger charge is -2.23. The average molecular weight is 363 g/mol. The summed E-state index contributed by atoms with van der Waals surface area (Å²) in [6, 6.07) is 6.67. The van der Waals surface area contributed by atoms with Crippen LogP contribution in [0.15, 0.2) is 33.6 Å². The summed E-state index contributed by atoms with van der Waals surface area (Å²) in [4.78, 5) is 2.29. The molecule has 0 heterocycles. The van der Waals surface area contributed by atoms with E-state index in [-0.39, 0.29) is 6.04 Å². The maximum atomic E-state index is 12.4. The van der Waals surface area contributed by atoms with Crippen LogP contribution in [0.5, 0.6) is 0 Å². The largest absolute Gasteiger partial charge is 0.308 e. The predicted molar refractivity (Wildman–Crippen MR) is 86.3 cm³/mol. The van der Waals surface area contributed by atoms with E-state index < -0.39 is 10.0 Å². The maximum absolute atomic E-state index is 12.4. The van der Waals surface area contributed by atoms with E-state index in [0.29, 0.717) is 17.4 Å². The fourth-order valence-electron chi connectivity index (χ4n) is 2.09. The molecule has 0 aliphatic carbocycles. The number of likely N-dealkylation sites (N-methyl/N-ethyl adjacent to an activating group) is 1. The smallest absolute Gasteiger partial charge is 0.240 e. The summed E-state index contributed by atoms with van der Waals surface area (Å²) in [7, 11) is 0.410. The quantitative estimate of drug-likeness (QED) is 0.810. The number of hydrogen-bond donors (Lipinski definition) is 1. The first kappa shape index (κ1) is 17.6. The molecule has 0 radical (unpaired) electrons. The van der Waals surface area contributed by atoms with Crippen molar-refractivity contribution in [1.29, 1.82) is 0 Å². The summed E-state index contributed by atoms with van der Waals surface area (Å²) in [6.07, 6.45) is 0.811. The van der Waals surface area contributed by atoms with Gasteiger partial charge in [0.05, 0.1) is 4.90 Å². The molecule has 0 aliphatic rings. The Morgan fingerprint density at radius 1 is 1.30 bits per heavy atom. The first-order valence-electron chi connectivity index (χ1n) is 6.63. The van der Waals surface area contributed by atoms with Gasteiger partial charge in [-0.1, -0.05) is 35.8 Å². The van der Waals surface area contributed by atoms with Crippen LogP contribution in [0.3, 0.4) is 0 Å². The lowest BCUT2D eigenvalue weighted by molar-refractivity contribution is 0.329. The standard InChI is InChI=1S/C14H23BrN2O2S/c1-11(2)8-13(10-17(3)4)16-20(18,19)14-7-5-6-12(15)9-14/h5-7,9,11,13,16H,8,10H2,1-4H3. The van der Waals surface area contributed by atoms with Crippen LogP contribution in [-0.2, 0) is 10.0 Å². The van der Waals surface area contributed by atoms with E-state index in [9.17, 15) is 8.42 Å². The van der Waals surface area contributed by atoms with Crippen LogP contribution in [0.25, 0.3) is 0 Å². The van der Waals surface area contributed by atoms with E-state index in [1.807, 2.05) is 25.1 Å². The number of halogens is 1. The molecule has 0 saturated heterocycles. The zero-order valence-corrected chi connectivity index (χ0v) is 14.8. The molecule has 0 saturated carbocycles. The summed E-state index contributed by atoms with van der Waals surface area (Å²) in [5.41, 5.74) is 0. The van der Waals surface area contributed by atoms with E-state index in [1.165, 1.54) is 0 Å². The summed E-state index contributed by atoms with van der Waals surface area (Å²) in [6.45, 7) is 4.87. The zero-order chi connectivity index (χ0) is 15.3.